The molecule has 1 aliphatic heterocycles. The molecular formula is C23H20F5N3O3. The highest BCUT2D eigenvalue weighted by Gasteiger charge is 2.45. The summed E-state index contributed by atoms with van der Waals surface area (Å²) < 4.78 is 75.5. The topological polar surface area (TPSA) is 72.5 Å². The lowest BCUT2D eigenvalue weighted by Crippen LogP contribution is -2.49. The summed E-state index contributed by atoms with van der Waals surface area (Å²) in [6, 6.07) is 8.87. The van der Waals surface area contributed by atoms with Crippen LogP contribution in [0.3, 0.4) is 0 Å². The van der Waals surface area contributed by atoms with Crippen molar-refractivity contribution in [1.82, 2.24) is 10.3 Å². The van der Waals surface area contributed by atoms with Crippen LogP contribution in [0, 0.1) is 6.92 Å². The van der Waals surface area contributed by atoms with E-state index in [2.05, 4.69) is 20.4 Å². The van der Waals surface area contributed by atoms with Gasteiger partial charge in [0.15, 0.2) is 17.1 Å². The van der Waals surface area contributed by atoms with Gasteiger partial charge in [-0.3, -0.25) is 4.98 Å². The van der Waals surface area contributed by atoms with E-state index in [1.807, 2.05) is 6.07 Å². The fourth-order valence-electron chi connectivity index (χ4n) is 3.89. The molecule has 6 nitrogen and oxygen atoms in total. The molecule has 180 valence electrons. The summed E-state index contributed by atoms with van der Waals surface area (Å²) >= 11 is 0. The number of rotatable bonds is 5. The number of anilines is 1. The third kappa shape index (κ3) is 4.82. The molecule has 2 heterocycles. The molecule has 2 N–H and O–H groups in total. The van der Waals surface area contributed by atoms with Crippen LogP contribution >= 0.6 is 0 Å². The number of nitrogens with one attached hydrogen (secondary N) is 2. The van der Waals surface area contributed by atoms with E-state index in [4.69, 9.17) is 4.74 Å². The minimum Gasteiger partial charge on any atom is -0.477 e. The first-order valence-corrected chi connectivity index (χ1v) is 10.3. The van der Waals surface area contributed by atoms with Crippen LogP contribution in [0.4, 0.5) is 32.4 Å². The van der Waals surface area contributed by atoms with Crippen LogP contribution in [-0.2, 0) is 0 Å². The Hall–Kier alpha value is -3.63. The smallest absolute Gasteiger partial charge is 0.477 e. The lowest BCUT2D eigenvalue weighted by Gasteiger charge is -2.39. The first-order chi connectivity index (χ1) is 16.1. The number of halogens is 5. The Bertz CT molecular complexity index is 1210. The number of hydrogen-bond acceptors (Lipinski definition) is 4. The molecule has 1 aromatic heterocycles. The van der Waals surface area contributed by atoms with Gasteiger partial charge in [-0.05, 0) is 25.1 Å². The number of amides is 2. The number of carbonyl (C=O) groups excluding carboxylic acids is 1. The molecule has 0 fully saturated rings. The number of fused-ring (bicyclic) bond motifs is 2. The Morgan fingerprint density at radius 1 is 1.21 bits per heavy atom. The van der Waals surface area contributed by atoms with Crippen LogP contribution in [0.1, 0.15) is 23.7 Å². The van der Waals surface area contributed by atoms with Crippen LogP contribution in [0.25, 0.3) is 10.8 Å². The number of hydrogen-bond donors (Lipinski definition) is 2. The molecule has 4 rings (SSSR count). The van der Waals surface area contributed by atoms with Gasteiger partial charge in [-0.25, -0.2) is 13.6 Å². The van der Waals surface area contributed by atoms with Gasteiger partial charge < -0.3 is 20.1 Å². The fraction of sp³-hybridized carbons (Fsp3) is 0.304. The number of benzene rings is 2. The van der Waals surface area contributed by atoms with Crippen molar-refractivity contribution in [1.29, 1.82) is 0 Å². The van der Waals surface area contributed by atoms with Crippen molar-refractivity contribution >= 4 is 22.5 Å². The van der Waals surface area contributed by atoms with Crippen molar-refractivity contribution < 1.29 is 36.2 Å². The minimum absolute atomic E-state index is 0.104. The Morgan fingerprint density at radius 2 is 1.94 bits per heavy atom. The van der Waals surface area contributed by atoms with E-state index in [9.17, 15) is 26.7 Å². The van der Waals surface area contributed by atoms with Crippen molar-refractivity contribution in [2.45, 2.75) is 31.3 Å². The van der Waals surface area contributed by atoms with Crippen molar-refractivity contribution in [3.05, 3.63) is 59.9 Å². The Morgan fingerprint density at radius 3 is 2.65 bits per heavy atom. The van der Waals surface area contributed by atoms with Crippen LogP contribution in [0.5, 0.6) is 11.5 Å². The summed E-state index contributed by atoms with van der Waals surface area (Å²) in [4.78, 5) is 17.1. The number of alkyl halides is 5. The standard InChI is InChI=1S/C23H20F5N3O3/c1-13-8-16-14(10-29-13)4-2-6-17(16)30-21(32)31-18-9-22(11-24,12-25)34-20-15(18)5-3-7-19(20)33-23(26,27)28/h2-8,10,18H,9,11-12H2,1H3,(H2,30,31,32). The zero-order valence-corrected chi connectivity index (χ0v) is 17.9. The molecule has 1 unspecified atom stereocenters. The largest absolute Gasteiger partial charge is 0.573 e. The third-order valence-electron chi connectivity index (χ3n) is 5.45. The van der Waals surface area contributed by atoms with Gasteiger partial charge in [0.25, 0.3) is 0 Å². The number of ether oxygens (including phenoxy) is 2. The summed E-state index contributed by atoms with van der Waals surface area (Å²) in [6.45, 7) is -0.846. The quantitative estimate of drug-likeness (QED) is 0.454. The van der Waals surface area contributed by atoms with Gasteiger partial charge in [-0.2, -0.15) is 0 Å². The van der Waals surface area contributed by atoms with Gasteiger partial charge in [0, 0.05) is 34.6 Å². The SMILES string of the molecule is Cc1cc2c(NC(=O)NC3CC(CF)(CF)Oc4c(OC(F)(F)F)cccc43)cccc2cn1. The fourth-order valence-corrected chi connectivity index (χ4v) is 3.89. The van der Waals surface area contributed by atoms with Gasteiger partial charge in [-0.1, -0.05) is 24.3 Å². The van der Waals surface area contributed by atoms with Gasteiger partial charge in [-0.15, -0.1) is 13.2 Å². The molecule has 3 aromatic rings. The molecule has 0 saturated heterocycles. The number of urea groups is 1. The molecule has 0 saturated carbocycles. The van der Waals surface area contributed by atoms with Crippen LogP contribution < -0.4 is 20.1 Å². The number of pyridine rings is 1. The normalized spacial score (nSPS) is 16.9. The van der Waals surface area contributed by atoms with E-state index in [1.54, 1.807) is 31.3 Å². The average molecular weight is 481 g/mol. The first kappa shape index (κ1) is 23.5. The highest BCUT2D eigenvalue weighted by Crippen LogP contribution is 2.46. The van der Waals surface area contributed by atoms with E-state index in [1.165, 1.54) is 12.1 Å². The Labute approximate surface area is 191 Å². The predicted molar refractivity (Wildman–Crippen MR) is 114 cm³/mol. The van der Waals surface area contributed by atoms with E-state index in [0.717, 1.165) is 22.5 Å². The molecule has 1 atom stereocenters. The summed E-state index contributed by atoms with van der Waals surface area (Å²) in [5.41, 5.74) is -0.775. The number of carbonyl (C=O) groups is 1. The molecule has 2 aromatic carbocycles. The Kier molecular flexibility index (Phi) is 6.20. The second-order valence-corrected chi connectivity index (χ2v) is 7.98. The molecular weight excluding hydrogens is 461 g/mol. The van der Waals surface area contributed by atoms with Gasteiger partial charge in [0.2, 0.25) is 0 Å². The van der Waals surface area contributed by atoms with Crippen molar-refractivity contribution in [3.8, 4) is 11.5 Å². The maximum atomic E-state index is 13.8. The number of aryl methyl sites for hydroxylation is 1. The zero-order chi connectivity index (χ0) is 24.5. The number of aromatic nitrogens is 1. The summed E-state index contributed by atoms with van der Waals surface area (Å²) in [7, 11) is 0. The molecule has 0 bridgehead atoms. The second kappa shape index (κ2) is 8.96. The molecule has 0 aliphatic carbocycles. The summed E-state index contributed by atoms with van der Waals surface area (Å²) in [5, 5.41) is 6.79. The van der Waals surface area contributed by atoms with Gasteiger partial charge in [0.1, 0.15) is 13.3 Å². The number of para-hydroxylation sites is 1. The maximum absolute atomic E-state index is 13.8. The summed E-state index contributed by atoms with van der Waals surface area (Å²) in [5.74, 6) is -1.22. The molecule has 0 radical (unpaired) electrons. The Balaban J connectivity index is 1.65. The molecule has 34 heavy (non-hydrogen) atoms. The van der Waals surface area contributed by atoms with Gasteiger partial charge >= 0.3 is 12.4 Å². The highest BCUT2D eigenvalue weighted by atomic mass is 19.4. The van der Waals surface area contributed by atoms with Crippen molar-refractivity contribution in [2.24, 2.45) is 0 Å². The van der Waals surface area contributed by atoms with Crippen molar-refractivity contribution in [3.63, 3.8) is 0 Å². The lowest BCUT2D eigenvalue weighted by atomic mass is 9.88. The van der Waals surface area contributed by atoms with E-state index < -0.39 is 48.9 Å². The molecule has 0 spiro atoms. The first-order valence-electron chi connectivity index (χ1n) is 10.3. The molecule has 2 amide bonds. The zero-order valence-electron chi connectivity index (χ0n) is 17.9. The van der Waals surface area contributed by atoms with E-state index >= 15 is 0 Å². The summed E-state index contributed by atoms with van der Waals surface area (Å²) in [6.07, 6.45) is -3.73. The van der Waals surface area contributed by atoms with E-state index in [0.29, 0.717) is 5.69 Å². The predicted octanol–water partition coefficient (Wildman–Crippen LogP) is 5.76. The third-order valence-corrected chi connectivity index (χ3v) is 5.45. The monoisotopic (exact) mass is 481 g/mol. The lowest BCUT2D eigenvalue weighted by molar-refractivity contribution is -0.275. The van der Waals surface area contributed by atoms with Crippen molar-refractivity contribution in [2.75, 3.05) is 18.7 Å². The second-order valence-electron chi connectivity index (χ2n) is 7.98. The van der Waals surface area contributed by atoms with Gasteiger partial charge in [0.05, 0.1) is 11.7 Å². The number of nitrogens with zero attached hydrogens (tertiary/aromatic N) is 1. The highest BCUT2D eigenvalue weighted by molar-refractivity contribution is 6.01. The molecule has 11 heteroatoms. The molecule has 1 aliphatic rings. The van der Waals surface area contributed by atoms with Crippen LogP contribution in [0.15, 0.2) is 48.7 Å². The van der Waals surface area contributed by atoms with E-state index in [-0.39, 0.29) is 12.0 Å². The van der Waals surface area contributed by atoms with Crippen LogP contribution in [-0.4, -0.2) is 36.3 Å². The minimum atomic E-state index is -5.05. The maximum Gasteiger partial charge on any atom is 0.573 e. The van der Waals surface area contributed by atoms with Crippen LogP contribution in [0.2, 0.25) is 0 Å². The average Bonchev–Trinajstić information content (AvgIpc) is 2.79.